The summed E-state index contributed by atoms with van der Waals surface area (Å²) in [5.74, 6) is -0.233. The molecule has 98 valence electrons. The maximum absolute atomic E-state index is 11.6. The van der Waals surface area contributed by atoms with E-state index in [9.17, 15) is 9.59 Å². The molecule has 0 saturated carbocycles. The van der Waals surface area contributed by atoms with Crippen molar-refractivity contribution >= 4 is 23.2 Å². The highest BCUT2D eigenvalue weighted by Gasteiger charge is 2.05. The van der Waals surface area contributed by atoms with E-state index in [1.54, 1.807) is 12.1 Å². The molecule has 18 heavy (non-hydrogen) atoms. The van der Waals surface area contributed by atoms with Crippen molar-refractivity contribution in [2.24, 2.45) is 0 Å². The van der Waals surface area contributed by atoms with Crippen LogP contribution in [0.3, 0.4) is 0 Å². The van der Waals surface area contributed by atoms with Crippen LogP contribution in [0, 0.1) is 6.92 Å². The van der Waals surface area contributed by atoms with Crippen LogP contribution in [0.5, 0.6) is 0 Å². The zero-order valence-electron chi connectivity index (χ0n) is 11.0. The number of hydrogen-bond acceptors (Lipinski definition) is 3. The molecule has 2 amide bonds. The zero-order chi connectivity index (χ0) is 13.5. The first-order valence-electron chi connectivity index (χ1n) is 5.91. The first kappa shape index (κ1) is 14.2. The number of carbonyl (C=O) groups excluding carboxylic acids is 2. The van der Waals surface area contributed by atoms with Crippen LogP contribution in [-0.4, -0.2) is 24.9 Å². The Morgan fingerprint density at radius 2 is 1.94 bits per heavy atom. The molecule has 0 unspecified atom stereocenters. The first-order chi connectivity index (χ1) is 8.52. The quantitative estimate of drug-likeness (QED) is 0.740. The Labute approximate surface area is 107 Å². The summed E-state index contributed by atoms with van der Waals surface area (Å²) in [4.78, 5) is 22.6. The van der Waals surface area contributed by atoms with Gasteiger partial charge in [-0.3, -0.25) is 9.59 Å². The highest BCUT2D eigenvalue weighted by molar-refractivity contribution is 5.95. The molecule has 1 rings (SSSR count). The van der Waals surface area contributed by atoms with E-state index in [2.05, 4.69) is 16.0 Å². The van der Waals surface area contributed by atoms with Gasteiger partial charge in [0, 0.05) is 18.3 Å². The second-order valence-electron chi connectivity index (χ2n) is 4.04. The standard InChI is InChI=1S/C13H19N3O2/c1-4-14-8-13(18)16-12-7-11(15-10(3)17)6-5-9(12)2/h5-7,14H,4,8H2,1-3H3,(H,15,17)(H,16,18). The second kappa shape index (κ2) is 6.76. The summed E-state index contributed by atoms with van der Waals surface area (Å²) in [5.41, 5.74) is 2.34. The maximum atomic E-state index is 11.6. The third-order valence-corrected chi connectivity index (χ3v) is 2.37. The highest BCUT2D eigenvalue weighted by atomic mass is 16.2. The normalized spacial score (nSPS) is 9.94. The summed E-state index contributed by atoms with van der Waals surface area (Å²) < 4.78 is 0. The number of aryl methyl sites for hydroxylation is 1. The van der Waals surface area contributed by atoms with Gasteiger partial charge in [0.05, 0.1) is 6.54 Å². The molecule has 0 spiro atoms. The van der Waals surface area contributed by atoms with Crippen LogP contribution in [-0.2, 0) is 9.59 Å². The lowest BCUT2D eigenvalue weighted by Crippen LogP contribution is -2.28. The molecule has 0 aliphatic heterocycles. The largest absolute Gasteiger partial charge is 0.326 e. The lowest BCUT2D eigenvalue weighted by Gasteiger charge is -2.11. The SMILES string of the molecule is CCNCC(=O)Nc1cc(NC(C)=O)ccc1C. The molecular weight excluding hydrogens is 230 g/mol. The molecule has 3 N–H and O–H groups in total. The number of amides is 2. The van der Waals surface area contributed by atoms with Crippen LogP contribution in [0.2, 0.25) is 0 Å². The molecule has 0 bridgehead atoms. The summed E-state index contributed by atoms with van der Waals surface area (Å²) in [6.45, 7) is 6.32. The average Bonchev–Trinajstić information content (AvgIpc) is 2.30. The van der Waals surface area contributed by atoms with E-state index >= 15 is 0 Å². The Hall–Kier alpha value is -1.88. The summed E-state index contributed by atoms with van der Waals surface area (Å²) in [5, 5.41) is 8.44. The van der Waals surface area contributed by atoms with Crippen molar-refractivity contribution in [3.63, 3.8) is 0 Å². The van der Waals surface area contributed by atoms with Crippen LogP contribution in [0.1, 0.15) is 19.4 Å². The molecule has 0 aliphatic carbocycles. The fourth-order valence-electron chi connectivity index (χ4n) is 1.47. The summed E-state index contributed by atoms with van der Waals surface area (Å²) in [6.07, 6.45) is 0. The monoisotopic (exact) mass is 249 g/mol. The van der Waals surface area contributed by atoms with Crippen LogP contribution in [0.4, 0.5) is 11.4 Å². The summed E-state index contributed by atoms with van der Waals surface area (Å²) in [7, 11) is 0. The van der Waals surface area contributed by atoms with Gasteiger partial charge in [-0.1, -0.05) is 13.0 Å². The first-order valence-corrected chi connectivity index (χ1v) is 5.91. The molecule has 5 heteroatoms. The van der Waals surface area contributed by atoms with Crippen molar-refractivity contribution in [2.45, 2.75) is 20.8 Å². The van der Waals surface area contributed by atoms with E-state index in [0.29, 0.717) is 11.4 Å². The van der Waals surface area contributed by atoms with E-state index in [1.165, 1.54) is 6.92 Å². The molecule has 0 radical (unpaired) electrons. The van der Waals surface area contributed by atoms with Crippen molar-refractivity contribution in [1.29, 1.82) is 0 Å². The van der Waals surface area contributed by atoms with E-state index in [0.717, 1.165) is 12.1 Å². The molecule has 0 saturated heterocycles. The van der Waals surface area contributed by atoms with Crippen LogP contribution < -0.4 is 16.0 Å². The van der Waals surface area contributed by atoms with E-state index in [1.807, 2.05) is 19.9 Å². The molecule has 1 aromatic rings. The maximum Gasteiger partial charge on any atom is 0.238 e. The smallest absolute Gasteiger partial charge is 0.238 e. The number of anilines is 2. The molecule has 0 aliphatic rings. The van der Waals surface area contributed by atoms with Crippen LogP contribution >= 0.6 is 0 Å². The van der Waals surface area contributed by atoms with E-state index in [4.69, 9.17) is 0 Å². The van der Waals surface area contributed by atoms with Gasteiger partial charge in [-0.2, -0.15) is 0 Å². The third kappa shape index (κ3) is 4.55. The number of benzene rings is 1. The topological polar surface area (TPSA) is 70.2 Å². The zero-order valence-corrected chi connectivity index (χ0v) is 11.0. The minimum atomic E-state index is -0.135. The van der Waals surface area contributed by atoms with Crippen LogP contribution in [0.25, 0.3) is 0 Å². The molecule has 0 aromatic heterocycles. The van der Waals surface area contributed by atoms with Gasteiger partial charge in [0.25, 0.3) is 0 Å². The van der Waals surface area contributed by atoms with Gasteiger partial charge in [-0.05, 0) is 31.2 Å². The number of rotatable bonds is 5. The second-order valence-corrected chi connectivity index (χ2v) is 4.04. The van der Waals surface area contributed by atoms with Gasteiger partial charge in [0.1, 0.15) is 0 Å². The predicted octanol–water partition coefficient (Wildman–Crippen LogP) is 1.50. The van der Waals surface area contributed by atoms with E-state index < -0.39 is 0 Å². The predicted molar refractivity (Wildman–Crippen MR) is 72.7 cm³/mol. The highest BCUT2D eigenvalue weighted by Crippen LogP contribution is 2.20. The number of hydrogen-bond donors (Lipinski definition) is 3. The average molecular weight is 249 g/mol. The molecule has 5 nitrogen and oxygen atoms in total. The molecule has 1 aromatic carbocycles. The Morgan fingerprint density at radius 1 is 1.22 bits per heavy atom. The Balaban J connectivity index is 2.74. The van der Waals surface area contributed by atoms with Crippen molar-refractivity contribution in [1.82, 2.24) is 5.32 Å². The Bertz CT molecular complexity index is 444. The van der Waals surface area contributed by atoms with E-state index in [-0.39, 0.29) is 18.4 Å². The van der Waals surface area contributed by atoms with Gasteiger partial charge in [-0.25, -0.2) is 0 Å². The van der Waals surface area contributed by atoms with Crippen molar-refractivity contribution in [2.75, 3.05) is 23.7 Å². The number of carbonyl (C=O) groups is 2. The summed E-state index contributed by atoms with van der Waals surface area (Å²) in [6, 6.07) is 5.41. The van der Waals surface area contributed by atoms with Gasteiger partial charge in [0.2, 0.25) is 11.8 Å². The number of nitrogens with one attached hydrogen (secondary N) is 3. The molecule has 0 atom stereocenters. The van der Waals surface area contributed by atoms with Crippen molar-refractivity contribution < 1.29 is 9.59 Å². The fourth-order valence-corrected chi connectivity index (χ4v) is 1.47. The van der Waals surface area contributed by atoms with Crippen molar-refractivity contribution in [3.05, 3.63) is 23.8 Å². The van der Waals surface area contributed by atoms with Crippen LogP contribution in [0.15, 0.2) is 18.2 Å². The van der Waals surface area contributed by atoms with Crippen molar-refractivity contribution in [3.8, 4) is 0 Å². The molecule has 0 fully saturated rings. The minimum Gasteiger partial charge on any atom is -0.326 e. The summed E-state index contributed by atoms with van der Waals surface area (Å²) >= 11 is 0. The van der Waals surface area contributed by atoms with Gasteiger partial charge < -0.3 is 16.0 Å². The minimum absolute atomic E-state index is 0.0973. The van der Waals surface area contributed by atoms with Gasteiger partial charge in [-0.15, -0.1) is 0 Å². The van der Waals surface area contributed by atoms with Gasteiger partial charge >= 0.3 is 0 Å². The third-order valence-electron chi connectivity index (χ3n) is 2.37. The Kier molecular flexibility index (Phi) is 5.32. The fraction of sp³-hybridized carbons (Fsp3) is 0.385. The molecular formula is C13H19N3O2. The van der Waals surface area contributed by atoms with Gasteiger partial charge in [0.15, 0.2) is 0 Å². The Morgan fingerprint density at radius 3 is 2.56 bits per heavy atom. The number of likely N-dealkylation sites (N-methyl/N-ethyl adjacent to an activating group) is 1. The lowest BCUT2D eigenvalue weighted by atomic mass is 10.1. The molecule has 0 heterocycles. The lowest BCUT2D eigenvalue weighted by molar-refractivity contribution is -0.115.